The summed E-state index contributed by atoms with van der Waals surface area (Å²) < 4.78 is 0. The van der Waals surface area contributed by atoms with Gasteiger partial charge in [-0.25, -0.2) is 4.79 Å². The molecule has 0 saturated carbocycles. The van der Waals surface area contributed by atoms with E-state index in [2.05, 4.69) is 5.32 Å². The van der Waals surface area contributed by atoms with Crippen LogP contribution in [0.4, 0.5) is 0 Å². The summed E-state index contributed by atoms with van der Waals surface area (Å²) in [7, 11) is 0. The minimum atomic E-state index is -1.12. The van der Waals surface area contributed by atoms with Gasteiger partial charge in [0.25, 0.3) is 0 Å². The molecule has 0 unspecified atom stereocenters. The molecule has 4 heteroatoms. The molecular weight excluding hydrogens is 182 g/mol. The van der Waals surface area contributed by atoms with Crippen LogP contribution in [0.1, 0.15) is 33.6 Å². The van der Waals surface area contributed by atoms with E-state index in [1.165, 1.54) is 0 Å². The largest absolute Gasteiger partial charge is 0.478 e. The number of carboxylic acids is 1. The molecule has 0 fully saturated rings. The molecule has 0 heterocycles. The maximum absolute atomic E-state index is 11.2. The molecule has 0 bridgehead atoms. The maximum atomic E-state index is 11.2. The monoisotopic (exact) mass is 199 g/mol. The van der Waals surface area contributed by atoms with Crippen LogP contribution in [0.2, 0.25) is 0 Å². The van der Waals surface area contributed by atoms with Crippen LogP contribution in [0.5, 0.6) is 0 Å². The van der Waals surface area contributed by atoms with Crippen molar-refractivity contribution in [2.75, 3.05) is 0 Å². The van der Waals surface area contributed by atoms with Crippen molar-refractivity contribution in [2.45, 2.75) is 39.2 Å². The molecule has 0 aromatic heterocycles. The Bertz CT molecular complexity index is 244. The summed E-state index contributed by atoms with van der Waals surface area (Å²) in [4.78, 5) is 21.3. The fourth-order valence-electron chi connectivity index (χ4n) is 1.21. The highest BCUT2D eigenvalue weighted by Gasteiger charge is 2.17. The van der Waals surface area contributed by atoms with Crippen molar-refractivity contribution in [3.8, 4) is 0 Å². The molecule has 0 atom stereocenters. The lowest BCUT2D eigenvalue weighted by molar-refractivity contribution is -0.131. The van der Waals surface area contributed by atoms with Gasteiger partial charge in [-0.3, -0.25) is 4.79 Å². The highest BCUT2D eigenvalue weighted by atomic mass is 16.4. The van der Waals surface area contributed by atoms with Crippen molar-refractivity contribution in [3.63, 3.8) is 0 Å². The molecule has 1 amide bonds. The molecule has 0 saturated heterocycles. The Labute approximate surface area is 84.0 Å². The Kier molecular flexibility index (Phi) is 4.91. The standard InChI is InChI=1S/C10H17NO3/c1-4-7-10(2,3)11-8(12)5-6-9(13)14/h5-6H,4,7H2,1-3H3,(H,11,12)(H,13,14)/b6-5+. The van der Waals surface area contributed by atoms with Crippen LogP contribution >= 0.6 is 0 Å². The number of hydrogen-bond donors (Lipinski definition) is 2. The number of carbonyl (C=O) groups excluding carboxylic acids is 1. The van der Waals surface area contributed by atoms with Crippen LogP contribution < -0.4 is 5.32 Å². The Balaban J connectivity index is 4.11. The Morgan fingerprint density at radius 3 is 2.36 bits per heavy atom. The van der Waals surface area contributed by atoms with Crippen molar-refractivity contribution >= 4 is 11.9 Å². The number of hydrogen-bond acceptors (Lipinski definition) is 2. The highest BCUT2D eigenvalue weighted by Crippen LogP contribution is 2.10. The second-order valence-electron chi connectivity index (χ2n) is 3.79. The SMILES string of the molecule is CCCC(C)(C)NC(=O)/C=C/C(=O)O. The van der Waals surface area contributed by atoms with Gasteiger partial charge < -0.3 is 10.4 Å². The first-order chi connectivity index (χ1) is 6.37. The lowest BCUT2D eigenvalue weighted by Crippen LogP contribution is -2.42. The minimum absolute atomic E-state index is 0.283. The topological polar surface area (TPSA) is 66.4 Å². The normalized spacial score (nSPS) is 11.6. The lowest BCUT2D eigenvalue weighted by Gasteiger charge is -2.24. The minimum Gasteiger partial charge on any atom is -0.478 e. The molecule has 0 aromatic rings. The molecule has 0 spiro atoms. The third-order valence-electron chi connectivity index (χ3n) is 1.71. The quantitative estimate of drug-likeness (QED) is 0.656. The summed E-state index contributed by atoms with van der Waals surface area (Å²) >= 11 is 0. The predicted octanol–water partition coefficient (Wildman–Crippen LogP) is 1.32. The molecule has 14 heavy (non-hydrogen) atoms. The van der Waals surface area contributed by atoms with E-state index in [1.807, 2.05) is 20.8 Å². The van der Waals surface area contributed by atoms with Gasteiger partial charge in [0.05, 0.1) is 0 Å². The average Bonchev–Trinajstić information content (AvgIpc) is 1.99. The zero-order valence-corrected chi connectivity index (χ0v) is 8.83. The van der Waals surface area contributed by atoms with Gasteiger partial charge in [0.2, 0.25) is 5.91 Å². The van der Waals surface area contributed by atoms with Crippen molar-refractivity contribution in [1.82, 2.24) is 5.32 Å². The molecule has 4 nitrogen and oxygen atoms in total. The Hall–Kier alpha value is -1.32. The van der Waals surface area contributed by atoms with Crippen LogP contribution in [0.3, 0.4) is 0 Å². The van der Waals surface area contributed by atoms with Crippen molar-refractivity contribution in [1.29, 1.82) is 0 Å². The van der Waals surface area contributed by atoms with Crippen LogP contribution in [-0.2, 0) is 9.59 Å². The lowest BCUT2D eigenvalue weighted by atomic mass is 9.99. The summed E-state index contributed by atoms with van der Waals surface area (Å²) in [6.07, 6.45) is 3.69. The highest BCUT2D eigenvalue weighted by molar-refractivity contribution is 5.94. The van der Waals surface area contributed by atoms with E-state index >= 15 is 0 Å². The smallest absolute Gasteiger partial charge is 0.328 e. The van der Waals surface area contributed by atoms with Crippen molar-refractivity contribution < 1.29 is 14.7 Å². The van der Waals surface area contributed by atoms with E-state index < -0.39 is 5.97 Å². The maximum Gasteiger partial charge on any atom is 0.328 e. The van der Waals surface area contributed by atoms with E-state index in [0.717, 1.165) is 25.0 Å². The summed E-state index contributed by atoms with van der Waals surface area (Å²) in [5, 5.41) is 11.0. The summed E-state index contributed by atoms with van der Waals surface area (Å²) in [5.41, 5.74) is -0.283. The van der Waals surface area contributed by atoms with Crippen molar-refractivity contribution in [2.24, 2.45) is 0 Å². The molecular formula is C10H17NO3. The van der Waals surface area contributed by atoms with Crippen LogP contribution in [0.25, 0.3) is 0 Å². The van der Waals surface area contributed by atoms with Crippen molar-refractivity contribution in [3.05, 3.63) is 12.2 Å². The molecule has 80 valence electrons. The van der Waals surface area contributed by atoms with Gasteiger partial charge in [-0.05, 0) is 20.3 Å². The summed E-state index contributed by atoms with van der Waals surface area (Å²) in [5.74, 6) is -1.49. The van der Waals surface area contributed by atoms with E-state index in [9.17, 15) is 9.59 Å². The van der Waals surface area contributed by atoms with E-state index in [-0.39, 0.29) is 11.4 Å². The number of carbonyl (C=O) groups is 2. The molecule has 0 aromatic carbocycles. The molecule has 0 aliphatic rings. The number of rotatable bonds is 5. The Morgan fingerprint density at radius 2 is 1.93 bits per heavy atom. The number of nitrogens with one attached hydrogen (secondary N) is 1. The molecule has 2 N–H and O–H groups in total. The van der Waals surface area contributed by atoms with Gasteiger partial charge >= 0.3 is 5.97 Å². The van der Waals surface area contributed by atoms with Gasteiger partial charge in [-0.2, -0.15) is 0 Å². The number of aliphatic carboxylic acids is 1. The molecule has 0 rings (SSSR count). The summed E-state index contributed by atoms with van der Waals surface area (Å²) in [6.45, 7) is 5.84. The van der Waals surface area contributed by atoms with E-state index in [4.69, 9.17) is 5.11 Å². The Morgan fingerprint density at radius 1 is 1.36 bits per heavy atom. The third kappa shape index (κ3) is 6.22. The third-order valence-corrected chi connectivity index (χ3v) is 1.71. The zero-order chi connectivity index (χ0) is 11.2. The van der Waals surface area contributed by atoms with Gasteiger partial charge in [-0.1, -0.05) is 13.3 Å². The molecule has 0 aliphatic heterocycles. The first-order valence-corrected chi connectivity index (χ1v) is 4.60. The molecule has 0 radical (unpaired) electrons. The van der Waals surface area contributed by atoms with E-state index in [1.54, 1.807) is 0 Å². The average molecular weight is 199 g/mol. The van der Waals surface area contributed by atoms with Crippen LogP contribution in [-0.4, -0.2) is 22.5 Å². The first kappa shape index (κ1) is 12.7. The zero-order valence-electron chi connectivity index (χ0n) is 8.83. The van der Waals surface area contributed by atoms with Gasteiger partial charge in [0.15, 0.2) is 0 Å². The second kappa shape index (κ2) is 5.42. The predicted molar refractivity (Wildman–Crippen MR) is 53.9 cm³/mol. The van der Waals surface area contributed by atoms with Gasteiger partial charge in [-0.15, -0.1) is 0 Å². The molecule has 0 aliphatic carbocycles. The number of carboxylic acid groups (broad SMARTS) is 1. The van der Waals surface area contributed by atoms with E-state index in [0.29, 0.717) is 0 Å². The van der Waals surface area contributed by atoms with Crippen LogP contribution in [0.15, 0.2) is 12.2 Å². The first-order valence-electron chi connectivity index (χ1n) is 4.60. The fourth-order valence-corrected chi connectivity index (χ4v) is 1.21. The van der Waals surface area contributed by atoms with Crippen LogP contribution in [0, 0.1) is 0 Å². The van der Waals surface area contributed by atoms with Gasteiger partial charge in [0, 0.05) is 17.7 Å². The fraction of sp³-hybridized carbons (Fsp3) is 0.600. The second-order valence-corrected chi connectivity index (χ2v) is 3.79. The number of amides is 1. The van der Waals surface area contributed by atoms with Gasteiger partial charge in [0.1, 0.15) is 0 Å². The summed E-state index contributed by atoms with van der Waals surface area (Å²) in [6, 6.07) is 0.